The summed E-state index contributed by atoms with van der Waals surface area (Å²) in [6.45, 7) is 11.1. The van der Waals surface area contributed by atoms with Crippen LogP contribution in [0.1, 0.15) is 47.0 Å². The van der Waals surface area contributed by atoms with Crippen molar-refractivity contribution in [1.82, 2.24) is 0 Å². The van der Waals surface area contributed by atoms with Gasteiger partial charge in [0.2, 0.25) is 0 Å². The molecule has 0 aliphatic carbocycles. The van der Waals surface area contributed by atoms with Gasteiger partial charge >= 0.3 is 0 Å². The van der Waals surface area contributed by atoms with Crippen LogP contribution in [0.15, 0.2) is 0 Å². The van der Waals surface area contributed by atoms with Gasteiger partial charge in [0.05, 0.1) is 13.2 Å². The maximum absolute atomic E-state index is 11.4. The lowest BCUT2D eigenvalue weighted by atomic mass is 10.0. The summed E-state index contributed by atoms with van der Waals surface area (Å²) in [5.74, 6) is 1.39. The van der Waals surface area contributed by atoms with E-state index in [2.05, 4.69) is 27.7 Å². The molecule has 0 aliphatic rings. The summed E-state index contributed by atoms with van der Waals surface area (Å²) in [7, 11) is 0. The number of hydrogen-bond donors (Lipinski definition) is 0. The number of Topliss-reactive ketones (excluding diaryl/α,β-unsaturated/α-hetero) is 1. The molecule has 3 nitrogen and oxygen atoms in total. The average Bonchev–Trinajstić information content (AvgIpc) is 2.20. The first-order chi connectivity index (χ1) is 8.02. The number of carbonyl (C=O) groups excluding carboxylic acids is 1. The maximum atomic E-state index is 11.4. The molecule has 17 heavy (non-hydrogen) atoms. The minimum Gasteiger partial charge on any atom is -0.379 e. The molecule has 0 spiro atoms. The van der Waals surface area contributed by atoms with Crippen LogP contribution in [0.3, 0.4) is 0 Å². The van der Waals surface area contributed by atoms with Crippen LogP contribution in [0, 0.1) is 11.8 Å². The zero-order valence-electron chi connectivity index (χ0n) is 11.8. The van der Waals surface area contributed by atoms with Gasteiger partial charge in [-0.3, -0.25) is 4.79 Å². The Morgan fingerprint density at radius 2 is 1.59 bits per heavy atom. The fourth-order valence-electron chi connectivity index (χ4n) is 1.47. The molecule has 0 heterocycles. The van der Waals surface area contributed by atoms with E-state index in [0.29, 0.717) is 50.3 Å². The summed E-state index contributed by atoms with van der Waals surface area (Å²) in [5, 5.41) is 0. The summed E-state index contributed by atoms with van der Waals surface area (Å²) in [4.78, 5) is 11.4. The Hall–Kier alpha value is -0.410. The minimum absolute atomic E-state index is 0.347. The van der Waals surface area contributed by atoms with Gasteiger partial charge in [0.25, 0.3) is 0 Å². The molecule has 0 atom stereocenters. The molecule has 0 amide bonds. The quantitative estimate of drug-likeness (QED) is 0.524. The molecule has 0 aromatic rings. The van der Waals surface area contributed by atoms with Gasteiger partial charge in [0.15, 0.2) is 0 Å². The first-order valence-corrected chi connectivity index (χ1v) is 6.69. The number of ether oxygens (including phenoxy) is 2. The highest BCUT2D eigenvalue weighted by molar-refractivity contribution is 5.78. The number of hydrogen-bond acceptors (Lipinski definition) is 3. The van der Waals surface area contributed by atoms with Gasteiger partial charge < -0.3 is 9.47 Å². The molecule has 0 aliphatic heterocycles. The molecule has 0 aromatic carbocycles. The van der Waals surface area contributed by atoms with Gasteiger partial charge in [-0.1, -0.05) is 27.7 Å². The van der Waals surface area contributed by atoms with E-state index in [1.165, 1.54) is 0 Å². The fraction of sp³-hybridized carbons (Fsp3) is 0.929. The highest BCUT2D eigenvalue weighted by Gasteiger charge is 2.04. The molecule has 0 unspecified atom stereocenters. The first kappa shape index (κ1) is 16.6. The Balaban J connectivity index is 3.16. The predicted molar refractivity (Wildman–Crippen MR) is 70.2 cm³/mol. The van der Waals surface area contributed by atoms with Crippen molar-refractivity contribution < 1.29 is 14.3 Å². The van der Waals surface area contributed by atoms with Crippen molar-refractivity contribution in [3.05, 3.63) is 0 Å². The summed E-state index contributed by atoms with van der Waals surface area (Å²) in [6, 6.07) is 0. The van der Waals surface area contributed by atoms with E-state index in [-0.39, 0.29) is 0 Å². The van der Waals surface area contributed by atoms with Crippen LogP contribution in [0.2, 0.25) is 0 Å². The van der Waals surface area contributed by atoms with E-state index in [1.54, 1.807) is 0 Å². The molecule has 0 aromatic heterocycles. The zero-order chi connectivity index (χ0) is 13.1. The Morgan fingerprint density at radius 3 is 2.18 bits per heavy atom. The van der Waals surface area contributed by atoms with Crippen molar-refractivity contribution in [3.8, 4) is 0 Å². The first-order valence-electron chi connectivity index (χ1n) is 6.69. The molecule has 0 saturated heterocycles. The minimum atomic E-state index is 0.347. The standard InChI is InChI=1S/C14H28O3/c1-12(2)10-14(15)6-5-7-16-8-9-17-11-13(3)4/h12-13H,5-11H2,1-4H3. The zero-order valence-corrected chi connectivity index (χ0v) is 11.8. The van der Waals surface area contributed by atoms with Gasteiger partial charge in [0, 0.05) is 26.1 Å². The van der Waals surface area contributed by atoms with E-state index in [4.69, 9.17) is 9.47 Å². The monoisotopic (exact) mass is 244 g/mol. The molecule has 0 N–H and O–H groups in total. The number of ketones is 1. The van der Waals surface area contributed by atoms with Crippen molar-refractivity contribution in [3.63, 3.8) is 0 Å². The Kier molecular flexibility index (Phi) is 10.5. The van der Waals surface area contributed by atoms with Crippen molar-refractivity contribution in [2.75, 3.05) is 26.4 Å². The van der Waals surface area contributed by atoms with Crippen molar-refractivity contribution in [2.24, 2.45) is 11.8 Å². The van der Waals surface area contributed by atoms with Crippen LogP contribution in [0.5, 0.6) is 0 Å². The fourth-order valence-corrected chi connectivity index (χ4v) is 1.47. The maximum Gasteiger partial charge on any atom is 0.133 e. The Morgan fingerprint density at radius 1 is 0.941 bits per heavy atom. The summed E-state index contributed by atoms with van der Waals surface area (Å²) < 4.78 is 10.8. The second-order valence-electron chi connectivity index (χ2n) is 5.32. The van der Waals surface area contributed by atoms with Gasteiger partial charge in [-0.05, 0) is 18.3 Å². The second kappa shape index (κ2) is 10.7. The number of rotatable bonds is 11. The smallest absolute Gasteiger partial charge is 0.133 e. The summed E-state index contributed by atoms with van der Waals surface area (Å²) in [5.41, 5.74) is 0. The third-order valence-corrected chi connectivity index (χ3v) is 2.20. The van der Waals surface area contributed by atoms with E-state index in [9.17, 15) is 4.79 Å². The number of carbonyl (C=O) groups is 1. The Labute approximate surface area is 106 Å². The van der Waals surface area contributed by atoms with Gasteiger partial charge in [0.1, 0.15) is 5.78 Å². The average molecular weight is 244 g/mol. The van der Waals surface area contributed by atoms with Crippen LogP contribution in [0.4, 0.5) is 0 Å². The normalized spacial score (nSPS) is 11.4. The molecule has 3 heteroatoms. The van der Waals surface area contributed by atoms with Gasteiger partial charge in [-0.2, -0.15) is 0 Å². The topological polar surface area (TPSA) is 35.5 Å². The molecule has 0 fully saturated rings. The molecule has 0 rings (SSSR count). The lowest BCUT2D eigenvalue weighted by Crippen LogP contribution is -2.10. The lowest BCUT2D eigenvalue weighted by Gasteiger charge is -2.07. The van der Waals surface area contributed by atoms with E-state index >= 15 is 0 Å². The van der Waals surface area contributed by atoms with Crippen LogP contribution in [-0.2, 0) is 14.3 Å². The molecular weight excluding hydrogens is 216 g/mol. The Bertz CT molecular complexity index is 188. The molecular formula is C14H28O3. The third-order valence-electron chi connectivity index (χ3n) is 2.20. The summed E-state index contributed by atoms with van der Waals surface area (Å²) in [6.07, 6.45) is 2.16. The highest BCUT2D eigenvalue weighted by atomic mass is 16.5. The van der Waals surface area contributed by atoms with E-state index in [1.807, 2.05) is 0 Å². The van der Waals surface area contributed by atoms with Gasteiger partial charge in [-0.15, -0.1) is 0 Å². The largest absolute Gasteiger partial charge is 0.379 e. The third kappa shape index (κ3) is 13.5. The van der Waals surface area contributed by atoms with Crippen LogP contribution < -0.4 is 0 Å². The van der Waals surface area contributed by atoms with Crippen molar-refractivity contribution in [1.29, 1.82) is 0 Å². The molecule has 102 valence electrons. The summed E-state index contributed by atoms with van der Waals surface area (Å²) >= 11 is 0. The van der Waals surface area contributed by atoms with Crippen molar-refractivity contribution >= 4 is 5.78 Å². The van der Waals surface area contributed by atoms with Crippen LogP contribution in [0.25, 0.3) is 0 Å². The van der Waals surface area contributed by atoms with E-state index in [0.717, 1.165) is 13.0 Å². The molecule has 0 saturated carbocycles. The van der Waals surface area contributed by atoms with E-state index < -0.39 is 0 Å². The van der Waals surface area contributed by atoms with Crippen molar-refractivity contribution in [2.45, 2.75) is 47.0 Å². The molecule has 0 bridgehead atoms. The van der Waals surface area contributed by atoms with Crippen LogP contribution in [-0.4, -0.2) is 32.2 Å². The lowest BCUT2D eigenvalue weighted by molar-refractivity contribution is -0.120. The molecule has 0 radical (unpaired) electrons. The predicted octanol–water partition coefficient (Wildman–Crippen LogP) is 3.07. The highest BCUT2D eigenvalue weighted by Crippen LogP contribution is 2.04. The van der Waals surface area contributed by atoms with Gasteiger partial charge in [-0.25, -0.2) is 0 Å². The second-order valence-corrected chi connectivity index (χ2v) is 5.32. The SMILES string of the molecule is CC(C)COCCOCCCC(=O)CC(C)C. The van der Waals surface area contributed by atoms with Crippen LogP contribution >= 0.6 is 0 Å².